The summed E-state index contributed by atoms with van der Waals surface area (Å²) in [4.78, 5) is 44.9. The Morgan fingerprint density at radius 1 is 1.20 bits per heavy atom. The van der Waals surface area contributed by atoms with Gasteiger partial charge in [-0.3, -0.25) is 9.59 Å². The first-order valence-corrected chi connectivity index (χ1v) is 14.5. The van der Waals surface area contributed by atoms with Crippen molar-refractivity contribution in [1.29, 1.82) is 0 Å². The van der Waals surface area contributed by atoms with Gasteiger partial charge in [-0.2, -0.15) is 5.10 Å². The van der Waals surface area contributed by atoms with Crippen molar-refractivity contribution in [2.45, 2.75) is 19.4 Å². The zero-order chi connectivity index (χ0) is 32.5. The highest BCUT2D eigenvalue weighted by Gasteiger charge is 2.32. The number of amides is 1. The molecule has 5 heterocycles. The van der Waals surface area contributed by atoms with E-state index in [4.69, 9.17) is 25.2 Å². The maximum Gasteiger partial charge on any atom is 0.343 e. The molecule has 1 fully saturated rings. The molecule has 5 aromatic rings. The summed E-state index contributed by atoms with van der Waals surface area (Å²) in [5, 5.41) is 26.4. The molecule has 1 saturated heterocycles. The molecule has 46 heavy (non-hydrogen) atoms. The van der Waals surface area contributed by atoms with Crippen LogP contribution in [0, 0.1) is 11.7 Å². The van der Waals surface area contributed by atoms with Crippen LogP contribution in [0.2, 0.25) is 0 Å². The number of phenolic OH excluding ortho intramolecular Hbond substituents is 1. The normalized spacial score (nSPS) is 15.5. The van der Waals surface area contributed by atoms with Gasteiger partial charge in [0.2, 0.25) is 5.91 Å². The maximum absolute atomic E-state index is 14.3. The van der Waals surface area contributed by atoms with Crippen LogP contribution in [0.1, 0.15) is 30.7 Å². The van der Waals surface area contributed by atoms with Crippen molar-refractivity contribution in [3.63, 3.8) is 0 Å². The van der Waals surface area contributed by atoms with Crippen LogP contribution in [-0.4, -0.2) is 73.4 Å². The minimum atomic E-state index is -0.665. The number of carbonyl (C=O) groups excluding carboxylic acids is 1. The molecule has 1 atom stereocenters. The average molecular weight is 628 g/mol. The molecule has 2 aromatic carbocycles. The number of nitrogens with one attached hydrogen (secondary N) is 1. The first-order chi connectivity index (χ1) is 22.2. The number of phenols is 1. The number of halogens is 1. The molecule has 0 radical (unpaired) electrons. The SMILES string of the molecule is CC(c1oc(=O)c2ccccc2c1C1=CCN(C(=O)C2CNC2)CC1)n1nc(-c2cc(O)cc(F)c2)c2c(N)ncnc21.O=CO. The largest absolute Gasteiger partial charge is 0.508 e. The van der Waals surface area contributed by atoms with Crippen LogP contribution < -0.4 is 16.7 Å². The molecule has 2 aliphatic heterocycles. The molecule has 3 aromatic heterocycles. The van der Waals surface area contributed by atoms with Gasteiger partial charge in [0.25, 0.3) is 6.47 Å². The predicted octanol–water partition coefficient (Wildman–Crippen LogP) is 3.17. The first kappa shape index (κ1) is 30.4. The highest BCUT2D eigenvalue weighted by atomic mass is 19.1. The van der Waals surface area contributed by atoms with Gasteiger partial charge in [0.05, 0.1) is 16.7 Å². The first-order valence-electron chi connectivity index (χ1n) is 14.5. The number of hydrogen-bond donors (Lipinski definition) is 4. The van der Waals surface area contributed by atoms with Gasteiger partial charge in [0.15, 0.2) is 5.65 Å². The van der Waals surface area contributed by atoms with E-state index in [1.807, 2.05) is 30.0 Å². The van der Waals surface area contributed by atoms with E-state index in [9.17, 15) is 19.1 Å². The molecule has 0 saturated carbocycles. The fourth-order valence-corrected chi connectivity index (χ4v) is 5.95. The highest BCUT2D eigenvalue weighted by molar-refractivity contribution is 5.99. The number of fused-ring (bicyclic) bond motifs is 2. The quantitative estimate of drug-likeness (QED) is 0.209. The Labute approximate surface area is 260 Å². The van der Waals surface area contributed by atoms with Gasteiger partial charge in [-0.25, -0.2) is 23.8 Å². The second-order valence-electron chi connectivity index (χ2n) is 11.0. The smallest absolute Gasteiger partial charge is 0.343 e. The topological polar surface area (TPSA) is 190 Å². The summed E-state index contributed by atoms with van der Waals surface area (Å²) in [5.74, 6) is -0.262. The summed E-state index contributed by atoms with van der Waals surface area (Å²) < 4.78 is 21.9. The molecule has 1 unspecified atom stereocenters. The van der Waals surface area contributed by atoms with E-state index >= 15 is 0 Å². The van der Waals surface area contributed by atoms with E-state index in [-0.39, 0.29) is 41.1 Å². The lowest BCUT2D eigenvalue weighted by atomic mass is 9.91. The highest BCUT2D eigenvalue weighted by Crippen LogP contribution is 2.38. The molecule has 7 rings (SSSR count). The summed E-state index contributed by atoms with van der Waals surface area (Å²) in [7, 11) is 0. The van der Waals surface area contributed by atoms with Gasteiger partial charge < -0.3 is 30.6 Å². The number of aromatic nitrogens is 4. The van der Waals surface area contributed by atoms with Gasteiger partial charge in [-0.1, -0.05) is 24.3 Å². The predicted molar refractivity (Wildman–Crippen MR) is 167 cm³/mol. The van der Waals surface area contributed by atoms with E-state index < -0.39 is 17.5 Å². The number of carbonyl (C=O) groups is 2. The summed E-state index contributed by atoms with van der Waals surface area (Å²) >= 11 is 0. The van der Waals surface area contributed by atoms with E-state index in [2.05, 4.69) is 15.3 Å². The maximum atomic E-state index is 14.3. The van der Waals surface area contributed by atoms with Crippen LogP contribution in [0.5, 0.6) is 5.75 Å². The third kappa shape index (κ3) is 5.43. The zero-order valence-corrected chi connectivity index (χ0v) is 24.7. The third-order valence-corrected chi connectivity index (χ3v) is 8.26. The molecule has 5 N–H and O–H groups in total. The molecule has 0 aliphatic carbocycles. The molecule has 2 aliphatic rings. The zero-order valence-electron chi connectivity index (χ0n) is 24.7. The Morgan fingerprint density at radius 2 is 1.93 bits per heavy atom. The molecule has 0 bridgehead atoms. The van der Waals surface area contributed by atoms with Crippen LogP contribution >= 0.6 is 0 Å². The molecular weight excluding hydrogens is 597 g/mol. The van der Waals surface area contributed by atoms with Crippen molar-refractivity contribution in [3.05, 3.63) is 82.4 Å². The number of aromatic hydroxyl groups is 1. The number of nitrogens with two attached hydrogens (primary N) is 1. The Hall–Kier alpha value is -5.63. The van der Waals surface area contributed by atoms with Crippen LogP contribution in [0.25, 0.3) is 38.6 Å². The fourth-order valence-electron chi connectivity index (χ4n) is 5.95. The van der Waals surface area contributed by atoms with Crippen molar-refractivity contribution in [3.8, 4) is 17.0 Å². The van der Waals surface area contributed by atoms with Gasteiger partial charge in [-0.05, 0) is 42.5 Å². The summed E-state index contributed by atoms with van der Waals surface area (Å²) in [6.07, 6.45) is 3.90. The Morgan fingerprint density at radius 3 is 2.59 bits per heavy atom. The monoisotopic (exact) mass is 627 g/mol. The number of nitrogen functional groups attached to an aromatic ring is 1. The van der Waals surface area contributed by atoms with Gasteiger partial charge in [0.1, 0.15) is 41.2 Å². The summed E-state index contributed by atoms with van der Waals surface area (Å²) in [6.45, 7) is 3.98. The minimum Gasteiger partial charge on any atom is -0.508 e. The van der Waals surface area contributed by atoms with Crippen molar-refractivity contribution in [2.75, 3.05) is 31.9 Å². The Bertz CT molecular complexity index is 2050. The third-order valence-electron chi connectivity index (χ3n) is 8.26. The Balaban J connectivity index is 0.00000119. The van der Waals surface area contributed by atoms with Gasteiger partial charge in [-0.15, -0.1) is 0 Å². The minimum absolute atomic E-state index is 0.0119. The number of rotatable bonds is 5. The van der Waals surface area contributed by atoms with Crippen molar-refractivity contribution < 1.29 is 28.6 Å². The summed E-state index contributed by atoms with van der Waals surface area (Å²) in [6, 6.07) is 10.2. The van der Waals surface area contributed by atoms with Crippen molar-refractivity contribution in [2.24, 2.45) is 5.92 Å². The van der Waals surface area contributed by atoms with E-state index in [1.54, 1.807) is 16.8 Å². The molecular formula is C32H30FN7O6. The second-order valence-corrected chi connectivity index (χ2v) is 11.0. The van der Waals surface area contributed by atoms with Crippen molar-refractivity contribution >= 4 is 45.6 Å². The average Bonchev–Trinajstić information content (AvgIpc) is 3.41. The molecule has 14 heteroatoms. The van der Waals surface area contributed by atoms with Crippen LogP contribution in [-0.2, 0) is 9.59 Å². The molecule has 0 spiro atoms. The Kier molecular flexibility index (Phi) is 8.19. The lowest BCUT2D eigenvalue weighted by molar-refractivity contribution is -0.136. The van der Waals surface area contributed by atoms with E-state index in [1.165, 1.54) is 18.5 Å². The van der Waals surface area contributed by atoms with E-state index in [0.717, 1.165) is 22.6 Å². The fraction of sp³-hybridized carbons (Fsp3) is 0.250. The number of carboxylic acid groups (broad SMARTS) is 1. The number of nitrogens with zero attached hydrogens (tertiary/aromatic N) is 5. The molecule has 236 valence electrons. The van der Waals surface area contributed by atoms with E-state index in [0.29, 0.717) is 54.8 Å². The van der Waals surface area contributed by atoms with Gasteiger partial charge in [0, 0.05) is 43.4 Å². The molecule has 13 nitrogen and oxygen atoms in total. The standard InChI is InChI=1S/C31H28FN7O4.CH2O2/c1-16(39-29-25(28(33)35-15-36-29)26(37-39)18-10-20(32)12-21(40)11-18)27-24(22-4-2-3-5-23(22)31(42)43-27)17-6-8-38(9-7-17)30(41)19-13-34-14-19;2-1-3/h2-6,10-12,15-16,19,34,40H,7-9,13-14H2,1H3,(H2,33,35,36);1H,(H,2,3). The number of anilines is 1. The van der Waals surface area contributed by atoms with Crippen molar-refractivity contribution in [1.82, 2.24) is 30.0 Å². The van der Waals surface area contributed by atoms with Crippen LogP contribution in [0.3, 0.4) is 0 Å². The lowest BCUT2D eigenvalue weighted by Crippen LogP contribution is -2.52. The van der Waals surface area contributed by atoms with Crippen LogP contribution in [0.4, 0.5) is 10.2 Å². The molecule has 1 amide bonds. The number of hydrogen-bond acceptors (Lipinski definition) is 10. The van der Waals surface area contributed by atoms with Crippen LogP contribution in [0.15, 0.2) is 64.1 Å². The second kappa shape index (κ2) is 12.4. The van der Waals surface area contributed by atoms with Gasteiger partial charge >= 0.3 is 5.63 Å². The summed E-state index contributed by atoms with van der Waals surface area (Å²) in [5.41, 5.74) is 8.40. The lowest BCUT2D eigenvalue weighted by Gasteiger charge is -2.34. The number of benzene rings is 2.